The minimum atomic E-state index is 0.0241. The fraction of sp³-hybridized carbons (Fsp3) is 0.577. The van der Waals surface area contributed by atoms with Gasteiger partial charge in [0.1, 0.15) is 11.3 Å². The molecule has 0 spiro atoms. The van der Waals surface area contributed by atoms with Crippen LogP contribution in [0.1, 0.15) is 58.2 Å². The summed E-state index contributed by atoms with van der Waals surface area (Å²) in [7, 11) is 0. The van der Waals surface area contributed by atoms with Crippen LogP contribution in [-0.2, 0) is 27.2 Å². The van der Waals surface area contributed by atoms with E-state index in [2.05, 4.69) is 34.8 Å². The Labute approximate surface area is 202 Å². The topological polar surface area (TPSA) is 104 Å². The summed E-state index contributed by atoms with van der Waals surface area (Å²) >= 11 is 0. The first-order valence-electron chi connectivity index (χ1n) is 12.6. The molecule has 34 heavy (non-hydrogen) atoms. The Balaban J connectivity index is 1.52. The molecule has 8 heteroatoms. The van der Waals surface area contributed by atoms with Crippen molar-refractivity contribution in [1.82, 2.24) is 19.9 Å². The van der Waals surface area contributed by atoms with Crippen molar-refractivity contribution in [2.75, 3.05) is 38.7 Å². The third-order valence-corrected chi connectivity index (χ3v) is 5.77. The number of nitrogens with one attached hydrogen (secondary N) is 1. The third-order valence-electron chi connectivity index (χ3n) is 5.77. The highest BCUT2D eigenvalue weighted by Crippen LogP contribution is 2.29. The van der Waals surface area contributed by atoms with Gasteiger partial charge < -0.3 is 25.1 Å². The number of anilines is 1. The summed E-state index contributed by atoms with van der Waals surface area (Å²) in [5.74, 6) is 1.57. The van der Waals surface area contributed by atoms with E-state index in [1.807, 2.05) is 18.2 Å². The molecule has 0 atom stereocenters. The lowest BCUT2D eigenvalue weighted by Gasteiger charge is -2.11. The van der Waals surface area contributed by atoms with Crippen LogP contribution >= 0.6 is 0 Å². The first-order valence-corrected chi connectivity index (χ1v) is 12.6. The molecule has 3 N–H and O–H groups in total. The maximum Gasteiger partial charge on any atom is 0.222 e. The first kappa shape index (κ1) is 25.9. The molecule has 0 bridgehead atoms. The molecule has 1 aromatic carbocycles. The molecule has 8 nitrogen and oxygen atoms in total. The number of benzene rings is 1. The lowest BCUT2D eigenvalue weighted by molar-refractivity contribution is -0.122. The summed E-state index contributed by atoms with van der Waals surface area (Å²) in [5, 5.41) is 4.07. The van der Waals surface area contributed by atoms with Crippen molar-refractivity contribution in [3.8, 4) is 0 Å². The van der Waals surface area contributed by atoms with Crippen molar-refractivity contribution in [2.45, 2.75) is 65.3 Å². The minimum Gasteiger partial charge on any atom is -0.382 e. The molecule has 0 saturated heterocycles. The van der Waals surface area contributed by atoms with Crippen molar-refractivity contribution in [3.05, 3.63) is 30.1 Å². The Hall–Kier alpha value is -2.71. The van der Waals surface area contributed by atoms with Gasteiger partial charge in [-0.2, -0.15) is 0 Å². The van der Waals surface area contributed by atoms with E-state index in [0.717, 1.165) is 79.4 Å². The molecule has 0 aliphatic heterocycles. The zero-order chi connectivity index (χ0) is 24.2. The Morgan fingerprint density at radius 3 is 2.59 bits per heavy atom. The molecule has 0 radical (unpaired) electrons. The zero-order valence-electron chi connectivity index (χ0n) is 20.6. The summed E-state index contributed by atoms with van der Waals surface area (Å²) < 4.78 is 13.1. The molecule has 186 valence electrons. The zero-order valence-corrected chi connectivity index (χ0v) is 20.6. The van der Waals surface area contributed by atoms with Crippen LogP contribution in [0.2, 0.25) is 0 Å². The number of nitrogen functional groups attached to an aromatic ring is 1. The summed E-state index contributed by atoms with van der Waals surface area (Å²) in [6.45, 7) is 8.02. The molecule has 0 aliphatic carbocycles. The largest absolute Gasteiger partial charge is 0.382 e. The number of pyridine rings is 1. The second-order valence-electron chi connectivity index (χ2n) is 8.53. The second-order valence-corrected chi connectivity index (χ2v) is 8.53. The number of carbonyl (C=O) groups excluding carboxylic acids is 1. The number of hydrogen-bond acceptors (Lipinski definition) is 6. The molecule has 2 aromatic heterocycles. The normalized spacial score (nSPS) is 11.5. The van der Waals surface area contributed by atoms with Crippen molar-refractivity contribution < 1.29 is 14.3 Å². The number of aromatic nitrogens is 3. The quantitative estimate of drug-likeness (QED) is 0.304. The van der Waals surface area contributed by atoms with Crippen LogP contribution in [0, 0.1) is 0 Å². The molecule has 3 rings (SSSR count). The Kier molecular flexibility index (Phi) is 10.6. The smallest absolute Gasteiger partial charge is 0.222 e. The molecule has 3 aromatic rings. The number of imidazole rings is 1. The molecule has 1 amide bonds. The van der Waals surface area contributed by atoms with E-state index >= 15 is 0 Å². The van der Waals surface area contributed by atoms with Crippen LogP contribution in [0.25, 0.3) is 21.9 Å². The highest BCUT2D eigenvalue weighted by Gasteiger charge is 2.16. The van der Waals surface area contributed by atoms with E-state index in [1.54, 1.807) is 0 Å². The predicted octanol–water partition coefficient (Wildman–Crippen LogP) is 4.24. The van der Waals surface area contributed by atoms with Gasteiger partial charge in [0.05, 0.1) is 30.9 Å². The number of unbranched alkanes of at least 4 members (excludes halogenated alkanes) is 2. The molecule has 0 unspecified atom stereocenters. The summed E-state index contributed by atoms with van der Waals surface area (Å²) in [6, 6.07) is 8.09. The highest BCUT2D eigenvalue weighted by molar-refractivity contribution is 6.06. The van der Waals surface area contributed by atoms with Crippen LogP contribution in [0.3, 0.4) is 0 Å². The SMILES string of the molecule is CCCCc1nc2c(N)nc3ccccc3c2n1CCCCNC(=O)CCOCCOCCC. The fourth-order valence-corrected chi connectivity index (χ4v) is 4.01. The fourth-order valence-electron chi connectivity index (χ4n) is 4.01. The van der Waals surface area contributed by atoms with Crippen molar-refractivity contribution in [1.29, 1.82) is 0 Å². The van der Waals surface area contributed by atoms with Gasteiger partial charge in [-0.1, -0.05) is 38.5 Å². The Morgan fingerprint density at radius 2 is 1.79 bits per heavy atom. The molecule has 0 saturated carbocycles. The van der Waals surface area contributed by atoms with Crippen LogP contribution < -0.4 is 11.1 Å². The number of para-hydroxylation sites is 1. The van der Waals surface area contributed by atoms with Gasteiger partial charge in [-0.05, 0) is 31.7 Å². The molecule has 0 fully saturated rings. The Bertz CT molecular complexity index is 1050. The number of hydrogen-bond donors (Lipinski definition) is 2. The predicted molar refractivity (Wildman–Crippen MR) is 137 cm³/mol. The second kappa shape index (κ2) is 13.9. The number of rotatable bonds is 16. The number of fused-ring (bicyclic) bond motifs is 3. The van der Waals surface area contributed by atoms with Crippen LogP contribution in [-0.4, -0.2) is 53.4 Å². The van der Waals surface area contributed by atoms with E-state index in [9.17, 15) is 4.79 Å². The molecular formula is C26H39N5O3. The van der Waals surface area contributed by atoms with Crippen molar-refractivity contribution in [2.24, 2.45) is 0 Å². The van der Waals surface area contributed by atoms with E-state index in [4.69, 9.17) is 20.2 Å². The van der Waals surface area contributed by atoms with E-state index in [0.29, 0.717) is 38.6 Å². The van der Waals surface area contributed by atoms with E-state index in [1.165, 1.54) is 0 Å². The lowest BCUT2D eigenvalue weighted by Crippen LogP contribution is -2.26. The van der Waals surface area contributed by atoms with Crippen LogP contribution in [0.5, 0.6) is 0 Å². The van der Waals surface area contributed by atoms with E-state index in [-0.39, 0.29) is 5.91 Å². The number of nitrogens with two attached hydrogens (primary N) is 1. The van der Waals surface area contributed by atoms with Gasteiger partial charge in [0.2, 0.25) is 5.91 Å². The molecular weight excluding hydrogens is 430 g/mol. The standard InChI is InChI=1S/C26H39N5O3/c1-3-5-12-22-30-24-25(20-10-6-7-11-21(20)29-26(24)27)31(22)15-9-8-14-28-23(32)13-17-34-19-18-33-16-4-2/h6-7,10-11H,3-5,8-9,12-19H2,1-2H3,(H2,27,29)(H,28,32). The summed E-state index contributed by atoms with van der Waals surface area (Å²) in [5.41, 5.74) is 9.02. The molecule has 0 aliphatic rings. The molecule has 2 heterocycles. The summed E-state index contributed by atoms with van der Waals surface area (Å²) in [4.78, 5) is 21.5. The van der Waals surface area contributed by atoms with Gasteiger partial charge in [0.15, 0.2) is 5.82 Å². The van der Waals surface area contributed by atoms with Gasteiger partial charge >= 0.3 is 0 Å². The Morgan fingerprint density at radius 1 is 1.00 bits per heavy atom. The van der Waals surface area contributed by atoms with Crippen molar-refractivity contribution >= 4 is 33.7 Å². The van der Waals surface area contributed by atoms with Gasteiger partial charge in [0.25, 0.3) is 0 Å². The van der Waals surface area contributed by atoms with Gasteiger partial charge in [-0.15, -0.1) is 0 Å². The van der Waals surface area contributed by atoms with Gasteiger partial charge in [0, 0.05) is 37.9 Å². The number of aryl methyl sites for hydroxylation is 2. The maximum absolute atomic E-state index is 12.0. The third kappa shape index (κ3) is 7.14. The van der Waals surface area contributed by atoms with Gasteiger partial charge in [-0.3, -0.25) is 4.79 Å². The number of amides is 1. The van der Waals surface area contributed by atoms with Crippen molar-refractivity contribution in [3.63, 3.8) is 0 Å². The number of nitrogens with zero attached hydrogens (tertiary/aromatic N) is 3. The average molecular weight is 470 g/mol. The number of carbonyl (C=O) groups is 1. The van der Waals surface area contributed by atoms with Crippen LogP contribution in [0.4, 0.5) is 5.82 Å². The van der Waals surface area contributed by atoms with E-state index < -0.39 is 0 Å². The lowest BCUT2D eigenvalue weighted by atomic mass is 10.2. The van der Waals surface area contributed by atoms with Gasteiger partial charge in [-0.25, -0.2) is 9.97 Å². The minimum absolute atomic E-state index is 0.0241. The average Bonchev–Trinajstić information content (AvgIpc) is 3.21. The monoisotopic (exact) mass is 469 g/mol. The van der Waals surface area contributed by atoms with Crippen LogP contribution in [0.15, 0.2) is 24.3 Å². The summed E-state index contributed by atoms with van der Waals surface area (Å²) in [6.07, 6.45) is 6.31. The highest BCUT2D eigenvalue weighted by atomic mass is 16.5. The number of ether oxygens (including phenoxy) is 2. The maximum atomic E-state index is 12.0. The first-order chi connectivity index (χ1) is 16.7.